The highest BCUT2D eigenvalue weighted by atomic mass is 16.5. The molecule has 0 aromatic heterocycles. The van der Waals surface area contributed by atoms with Gasteiger partial charge in [-0.05, 0) is 29.2 Å². The lowest BCUT2D eigenvalue weighted by Crippen LogP contribution is -2.40. The third kappa shape index (κ3) is 3.65. The molecule has 2 aromatic carbocycles. The molecule has 0 radical (unpaired) electrons. The molecular weight excluding hydrogens is 318 g/mol. The van der Waals surface area contributed by atoms with Gasteiger partial charge in [-0.25, -0.2) is 0 Å². The number of carbonyl (C=O) groups excluding carboxylic acids is 1. The molecule has 3 rings (SSSR count). The van der Waals surface area contributed by atoms with Crippen molar-refractivity contribution in [2.45, 2.75) is 25.3 Å². The number of carboxylic acid groups (broad SMARTS) is 1. The van der Waals surface area contributed by atoms with Gasteiger partial charge in [-0.3, -0.25) is 9.59 Å². The molecule has 2 aromatic rings. The first-order valence-corrected chi connectivity index (χ1v) is 8.30. The van der Waals surface area contributed by atoms with E-state index in [9.17, 15) is 14.7 Å². The Morgan fingerprint density at radius 1 is 1.16 bits per heavy atom. The number of carboxylic acids is 1. The minimum absolute atomic E-state index is 0.0355. The molecule has 0 saturated carbocycles. The Balaban J connectivity index is 1.72. The highest BCUT2D eigenvalue weighted by molar-refractivity contribution is 5.81. The zero-order valence-electron chi connectivity index (χ0n) is 14.1. The fourth-order valence-corrected chi connectivity index (χ4v) is 3.32. The van der Waals surface area contributed by atoms with E-state index in [-0.39, 0.29) is 12.5 Å². The monoisotopic (exact) mass is 339 g/mol. The summed E-state index contributed by atoms with van der Waals surface area (Å²) < 4.78 is 5.32. The van der Waals surface area contributed by atoms with Crippen molar-refractivity contribution in [3.05, 3.63) is 65.2 Å². The molecule has 0 bridgehead atoms. The summed E-state index contributed by atoms with van der Waals surface area (Å²) in [6.45, 7) is 0.682. The Hall–Kier alpha value is -2.82. The van der Waals surface area contributed by atoms with Gasteiger partial charge in [0.2, 0.25) is 5.91 Å². The van der Waals surface area contributed by atoms with E-state index < -0.39 is 11.9 Å². The van der Waals surface area contributed by atoms with Crippen LogP contribution in [0.15, 0.2) is 48.5 Å². The van der Waals surface area contributed by atoms with Crippen LogP contribution in [0.2, 0.25) is 0 Å². The number of benzene rings is 2. The lowest BCUT2D eigenvalue weighted by molar-refractivity contribution is -0.141. The van der Waals surface area contributed by atoms with E-state index in [1.807, 2.05) is 48.5 Å². The summed E-state index contributed by atoms with van der Waals surface area (Å²) in [5.41, 5.74) is 2.70. The molecule has 130 valence electrons. The standard InChI is InChI=1S/C20H21NO4/c1-25-18-9-5-3-6-14(18)10-11-19(22)21-12-15-7-2-4-8-16(15)17(13-21)20(23)24/h2-9,17H,10-13H2,1H3,(H,23,24). The number of carbonyl (C=O) groups is 2. The van der Waals surface area contributed by atoms with E-state index in [2.05, 4.69) is 0 Å². The van der Waals surface area contributed by atoms with Gasteiger partial charge in [-0.1, -0.05) is 42.5 Å². The minimum Gasteiger partial charge on any atom is -0.496 e. The first kappa shape index (κ1) is 17.0. The number of fused-ring (bicyclic) bond motifs is 1. The number of rotatable bonds is 5. The Bertz CT molecular complexity index is 787. The Labute approximate surface area is 146 Å². The second-order valence-corrected chi connectivity index (χ2v) is 6.18. The van der Waals surface area contributed by atoms with Crippen LogP contribution in [0.5, 0.6) is 5.75 Å². The second-order valence-electron chi connectivity index (χ2n) is 6.18. The van der Waals surface area contributed by atoms with Crippen molar-refractivity contribution in [1.82, 2.24) is 4.90 Å². The van der Waals surface area contributed by atoms with Crippen LogP contribution in [0.4, 0.5) is 0 Å². The van der Waals surface area contributed by atoms with Gasteiger partial charge in [-0.15, -0.1) is 0 Å². The second kappa shape index (κ2) is 7.38. The summed E-state index contributed by atoms with van der Waals surface area (Å²) in [4.78, 5) is 25.9. The zero-order valence-corrected chi connectivity index (χ0v) is 14.1. The number of hydrogen-bond donors (Lipinski definition) is 1. The molecule has 0 saturated heterocycles. The van der Waals surface area contributed by atoms with Crippen LogP contribution in [0.25, 0.3) is 0 Å². The molecule has 1 aliphatic heterocycles. The van der Waals surface area contributed by atoms with E-state index >= 15 is 0 Å². The smallest absolute Gasteiger partial charge is 0.312 e. The number of hydrogen-bond acceptors (Lipinski definition) is 3. The lowest BCUT2D eigenvalue weighted by Gasteiger charge is -2.33. The summed E-state index contributed by atoms with van der Waals surface area (Å²) in [5, 5.41) is 9.51. The molecule has 25 heavy (non-hydrogen) atoms. The molecular formula is C20H21NO4. The third-order valence-electron chi connectivity index (χ3n) is 4.65. The number of nitrogens with zero attached hydrogens (tertiary/aromatic N) is 1. The molecule has 0 spiro atoms. The molecule has 0 aliphatic carbocycles. The maximum absolute atomic E-state index is 12.6. The van der Waals surface area contributed by atoms with Crippen molar-refractivity contribution in [3.8, 4) is 5.75 Å². The highest BCUT2D eigenvalue weighted by Crippen LogP contribution is 2.29. The predicted molar refractivity (Wildman–Crippen MR) is 93.6 cm³/mol. The molecule has 1 heterocycles. The van der Waals surface area contributed by atoms with Crippen LogP contribution in [0.3, 0.4) is 0 Å². The van der Waals surface area contributed by atoms with Crippen molar-refractivity contribution in [2.24, 2.45) is 0 Å². The van der Waals surface area contributed by atoms with Crippen LogP contribution in [-0.2, 0) is 22.6 Å². The van der Waals surface area contributed by atoms with E-state index in [0.717, 1.165) is 22.4 Å². The lowest BCUT2D eigenvalue weighted by atomic mass is 9.89. The average molecular weight is 339 g/mol. The largest absolute Gasteiger partial charge is 0.496 e. The molecule has 1 unspecified atom stereocenters. The zero-order chi connectivity index (χ0) is 17.8. The summed E-state index contributed by atoms with van der Waals surface area (Å²) in [7, 11) is 1.61. The SMILES string of the molecule is COc1ccccc1CCC(=O)N1Cc2ccccc2C(C(=O)O)C1. The molecule has 1 N–H and O–H groups in total. The number of amides is 1. The summed E-state index contributed by atoms with van der Waals surface area (Å²) in [6.07, 6.45) is 0.896. The number of methoxy groups -OCH3 is 1. The van der Waals surface area contributed by atoms with Crippen molar-refractivity contribution < 1.29 is 19.4 Å². The van der Waals surface area contributed by atoms with E-state index in [1.54, 1.807) is 12.0 Å². The van der Waals surface area contributed by atoms with E-state index in [1.165, 1.54) is 0 Å². The maximum atomic E-state index is 12.6. The number of ether oxygens (including phenoxy) is 1. The van der Waals surface area contributed by atoms with Crippen molar-refractivity contribution in [3.63, 3.8) is 0 Å². The van der Waals surface area contributed by atoms with Crippen LogP contribution in [0, 0.1) is 0 Å². The molecule has 1 atom stereocenters. The fourth-order valence-electron chi connectivity index (χ4n) is 3.32. The molecule has 1 amide bonds. The van der Waals surface area contributed by atoms with Crippen molar-refractivity contribution in [2.75, 3.05) is 13.7 Å². The first-order valence-electron chi connectivity index (χ1n) is 8.30. The van der Waals surface area contributed by atoms with Crippen LogP contribution < -0.4 is 4.74 Å². The summed E-state index contributed by atoms with van der Waals surface area (Å²) in [5.74, 6) is -0.829. The molecule has 1 aliphatic rings. The topological polar surface area (TPSA) is 66.8 Å². The molecule has 5 nitrogen and oxygen atoms in total. The van der Waals surface area contributed by atoms with Crippen LogP contribution in [-0.4, -0.2) is 35.5 Å². The number of para-hydroxylation sites is 1. The molecule has 0 fully saturated rings. The van der Waals surface area contributed by atoms with Crippen molar-refractivity contribution >= 4 is 11.9 Å². The Morgan fingerprint density at radius 2 is 1.88 bits per heavy atom. The Kier molecular flexibility index (Phi) is 5.03. The average Bonchev–Trinajstić information content (AvgIpc) is 2.65. The van der Waals surface area contributed by atoms with E-state index in [4.69, 9.17) is 4.74 Å². The minimum atomic E-state index is -0.894. The van der Waals surface area contributed by atoms with Gasteiger partial charge in [0.25, 0.3) is 0 Å². The quantitative estimate of drug-likeness (QED) is 0.910. The van der Waals surface area contributed by atoms with Crippen molar-refractivity contribution in [1.29, 1.82) is 0 Å². The Morgan fingerprint density at radius 3 is 2.64 bits per heavy atom. The van der Waals surface area contributed by atoms with Gasteiger partial charge in [0.05, 0.1) is 13.0 Å². The highest BCUT2D eigenvalue weighted by Gasteiger charge is 2.32. The van der Waals surface area contributed by atoms with Gasteiger partial charge in [0, 0.05) is 19.5 Å². The normalized spacial score (nSPS) is 16.2. The maximum Gasteiger partial charge on any atom is 0.312 e. The van der Waals surface area contributed by atoms with Gasteiger partial charge >= 0.3 is 5.97 Å². The summed E-state index contributed by atoms with van der Waals surface area (Å²) in [6, 6.07) is 15.1. The first-order chi connectivity index (χ1) is 12.1. The van der Waals surface area contributed by atoms with Gasteiger partial charge in [0.1, 0.15) is 5.75 Å². The number of aliphatic carboxylic acids is 1. The van der Waals surface area contributed by atoms with Gasteiger partial charge in [-0.2, -0.15) is 0 Å². The predicted octanol–water partition coefficient (Wildman–Crippen LogP) is 2.84. The summed E-state index contributed by atoms with van der Waals surface area (Å²) >= 11 is 0. The van der Waals surface area contributed by atoms with Gasteiger partial charge in [0.15, 0.2) is 0 Å². The third-order valence-corrected chi connectivity index (χ3v) is 4.65. The van der Waals surface area contributed by atoms with Crippen LogP contribution >= 0.6 is 0 Å². The molecule has 5 heteroatoms. The number of aryl methyl sites for hydroxylation is 1. The fraction of sp³-hybridized carbons (Fsp3) is 0.300. The van der Waals surface area contributed by atoms with Gasteiger partial charge < -0.3 is 14.7 Å². The van der Waals surface area contributed by atoms with Crippen LogP contribution in [0.1, 0.15) is 29.0 Å². The van der Waals surface area contributed by atoms with E-state index in [0.29, 0.717) is 19.4 Å².